The summed E-state index contributed by atoms with van der Waals surface area (Å²) < 4.78 is 5.35. The van der Waals surface area contributed by atoms with E-state index < -0.39 is 5.60 Å². The van der Waals surface area contributed by atoms with E-state index >= 15 is 0 Å². The van der Waals surface area contributed by atoms with Gasteiger partial charge in [0.25, 0.3) is 0 Å². The van der Waals surface area contributed by atoms with Gasteiger partial charge in [-0.15, -0.1) is 0 Å². The fourth-order valence-corrected chi connectivity index (χ4v) is 2.74. The Kier molecular flexibility index (Phi) is 4.07. The summed E-state index contributed by atoms with van der Waals surface area (Å²) in [5.74, 6) is 6.69. The van der Waals surface area contributed by atoms with Gasteiger partial charge in [0.2, 0.25) is 0 Å². The molecular weight excluding hydrogens is 250 g/mol. The zero-order valence-corrected chi connectivity index (χ0v) is 11.8. The minimum atomic E-state index is -0.951. The van der Waals surface area contributed by atoms with Crippen LogP contribution in [0.15, 0.2) is 30.3 Å². The second-order valence-corrected chi connectivity index (χ2v) is 5.75. The molecule has 2 aliphatic rings. The van der Waals surface area contributed by atoms with Crippen molar-refractivity contribution in [3.63, 3.8) is 0 Å². The van der Waals surface area contributed by atoms with Crippen molar-refractivity contribution in [1.29, 1.82) is 0 Å². The molecule has 0 aromatic heterocycles. The zero-order valence-electron chi connectivity index (χ0n) is 11.8. The first-order chi connectivity index (χ1) is 9.79. The number of hydrogen-bond acceptors (Lipinski definition) is 2. The molecule has 1 atom stereocenters. The second kappa shape index (κ2) is 5.97. The molecule has 1 saturated carbocycles. The topological polar surface area (TPSA) is 33.9 Å². The highest BCUT2D eigenvalue weighted by Gasteiger charge is 2.44. The molecule has 1 heterocycles. The Morgan fingerprint density at radius 2 is 1.90 bits per heavy atom. The van der Waals surface area contributed by atoms with E-state index in [1.165, 1.54) is 4.90 Å². The number of rotatable bonds is 3. The molecule has 3 heteroatoms. The van der Waals surface area contributed by atoms with E-state index in [0.717, 1.165) is 51.3 Å². The van der Waals surface area contributed by atoms with E-state index in [4.69, 9.17) is 4.74 Å². The normalized spacial score (nSPS) is 22.6. The largest absolute Gasteiger partial charge is 0.373 e. The van der Waals surface area contributed by atoms with Gasteiger partial charge in [0.15, 0.2) is 5.60 Å². The van der Waals surface area contributed by atoms with Crippen molar-refractivity contribution in [2.75, 3.05) is 32.8 Å². The van der Waals surface area contributed by atoms with Crippen LogP contribution in [0.4, 0.5) is 0 Å². The molecule has 1 aliphatic carbocycles. The van der Waals surface area contributed by atoms with Gasteiger partial charge < -0.3 is 14.7 Å². The van der Waals surface area contributed by atoms with Crippen LogP contribution in [-0.4, -0.2) is 38.0 Å². The quantitative estimate of drug-likeness (QED) is 0.771. The highest BCUT2D eigenvalue weighted by Crippen LogP contribution is 2.45. The predicted octanol–water partition coefficient (Wildman–Crippen LogP) is 0.203. The number of ether oxygens (including phenoxy) is 1. The summed E-state index contributed by atoms with van der Waals surface area (Å²) >= 11 is 0. The minimum Gasteiger partial charge on any atom is -0.373 e. The van der Waals surface area contributed by atoms with Crippen LogP contribution in [0.25, 0.3) is 0 Å². The van der Waals surface area contributed by atoms with Gasteiger partial charge in [-0.3, -0.25) is 0 Å². The molecule has 1 aromatic rings. The fraction of sp³-hybridized carbons (Fsp3) is 0.529. The number of quaternary nitrogens is 1. The molecule has 2 N–H and O–H groups in total. The summed E-state index contributed by atoms with van der Waals surface area (Å²) in [6.45, 7) is 4.47. The van der Waals surface area contributed by atoms with Gasteiger partial charge >= 0.3 is 0 Å². The van der Waals surface area contributed by atoms with Gasteiger partial charge in [-0.2, -0.15) is 0 Å². The van der Waals surface area contributed by atoms with Crippen LogP contribution in [0.3, 0.4) is 0 Å². The Bertz CT molecular complexity index is 495. The lowest BCUT2D eigenvalue weighted by atomic mass is 9.89. The fourth-order valence-electron chi connectivity index (χ4n) is 2.74. The SMILES string of the molecule is OC(C#CC[NH+]1CCOCC1)(c1ccccc1)C1CC1. The molecule has 3 nitrogen and oxygen atoms in total. The minimum absolute atomic E-state index is 0.303. The molecular formula is C17H22NO2+. The van der Waals surface area contributed by atoms with Crippen molar-refractivity contribution in [2.45, 2.75) is 18.4 Å². The van der Waals surface area contributed by atoms with Crippen molar-refractivity contribution in [3.8, 4) is 11.8 Å². The van der Waals surface area contributed by atoms with Crippen LogP contribution in [0.2, 0.25) is 0 Å². The van der Waals surface area contributed by atoms with Crippen molar-refractivity contribution in [1.82, 2.24) is 0 Å². The molecule has 1 saturated heterocycles. The molecule has 1 aliphatic heterocycles. The van der Waals surface area contributed by atoms with Gasteiger partial charge in [-0.05, 0) is 24.3 Å². The summed E-state index contributed by atoms with van der Waals surface area (Å²) in [5.41, 5.74) is -0.0144. The maximum atomic E-state index is 10.9. The van der Waals surface area contributed by atoms with Gasteiger partial charge in [0.1, 0.15) is 19.6 Å². The first-order valence-corrected chi connectivity index (χ1v) is 7.48. The number of aliphatic hydroxyl groups is 1. The monoisotopic (exact) mass is 272 g/mol. The molecule has 1 aromatic carbocycles. The summed E-state index contributed by atoms with van der Waals surface area (Å²) in [4.78, 5) is 1.45. The third kappa shape index (κ3) is 3.04. The van der Waals surface area contributed by atoms with E-state index in [-0.39, 0.29) is 0 Å². The van der Waals surface area contributed by atoms with Crippen LogP contribution < -0.4 is 4.90 Å². The Morgan fingerprint density at radius 1 is 1.20 bits per heavy atom. The molecule has 0 bridgehead atoms. The number of hydrogen-bond donors (Lipinski definition) is 2. The molecule has 2 fully saturated rings. The molecule has 20 heavy (non-hydrogen) atoms. The van der Waals surface area contributed by atoms with Gasteiger partial charge in [0, 0.05) is 5.92 Å². The van der Waals surface area contributed by atoms with E-state index in [9.17, 15) is 5.11 Å². The van der Waals surface area contributed by atoms with Crippen LogP contribution in [0, 0.1) is 17.8 Å². The first kappa shape index (κ1) is 13.6. The Hall–Kier alpha value is -1.34. The highest BCUT2D eigenvalue weighted by atomic mass is 16.5. The first-order valence-electron chi connectivity index (χ1n) is 7.48. The third-order valence-electron chi connectivity index (χ3n) is 4.20. The van der Waals surface area contributed by atoms with E-state index in [1.807, 2.05) is 30.3 Å². The lowest BCUT2D eigenvalue weighted by Gasteiger charge is -2.24. The predicted molar refractivity (Wildman–Crippen MR) is 77.2 cm³/mol. The molecule has 1 unspecified atom stereocenters. The van der Waals surface area contributed by atoms with Crippen molar-refractivity contribution in [2.24, 2.45) is 5.92 Å². The second-order valence-electron chi connectivity index (χ2n) is 5.75. The van der Waals surface area contributed by atoms with Gasteiger partial charge in [0.05, 0.1) is 13.2 Å². The third-order valence-corrected chi connectivity index (χ3v) is 4.20. The lowest BCUT2D eigenvalue weighted by molar-refractivity contribution is -0.900. The highest BCUT2D eigenvalue weighted by molar-refractivity contribution is 5.34. The number of benzene rings is 1. The standard InChI is InChI=1S/C17H21NO2/c19-17(16-7-8-16,15-5-2-1-3-6-15)9-4-10-18-11-13-20-14-12-18/h1-3,5-6,16,19H,7-8,10-14H2/p+1. The molecule has 106 valence electrons. The Labute approximate surface area is 120 Å². The van der Waals surface area contributed by atoms with Crippen LogP contribution in [0.5, 0.6) is 0 Å². The maximum Gasteiger partial charge on any atom is 0.153 e. The van der Waals surface area contributed by atoms with Gasteiger partial charge in [-0.25, -0.2) is 0 Å². The van der Waals surface area contributed by atoms with Crippen molar-refractivity contribution >= 4 is 0 Å². The average molecular weight is 272 g/mol. The number of morpholine rings is 1. The Morgan fingerprint density at radius 3 is 2.55 bits per heavy atom. The lowest BCUT2D eigenvalue weighted by Crippen LogP contribution is -3.14. The Balaban J connectivity index is 1.71. The smallest absolute Gasteiger partial charge is 0.153 e. The molecule has 0 amide bonds. The summed E-state index contributed by atoms with van der Waals surface area (Å²) in [5, 5.41) is 10.9. The van der Waals surface area contributed by atoms with E-state index in [2.05, 4.69) is 11.8 Å². The summed E-state index contributed by atoms with van der Waals surface area (Å²) in [6, 6.07) is 9.88. The van der Waals surface area contributed by atoms with E-state index in [0.29, 0.717) is 5.92 Å². The molecule has 0 radical (unpaired) electrons. The zero-order chi connectivity index (χ0) is 13.8. The summed E-state index contributed by atoms with van der Waals surface area (Å²) in [7, 11) is 0. The van der Waals surface area contributed by atoms with Crippen molar-refractivity contribution < 1.29 is 14.7 Å². The number of nitrogens with one attached hydrogen (secondary N) is 1. The van der Waals surface area contributed by atoms with E-state index in [1.54, 1.807) is 0 Å². The summed E-state index contributed by atoms with van der Waals surface area (Å²) in [6.07, 6.45) is 2.15. The average Bonchev–Trinajstić information content (AvgIpc) is 3.34. The van der Waals surface area contributed by atoms with Crippen LogP contribution >= 0.6 is 0 Å². The van der Waals surface area contributed by atoms with Gasteiger partial charge in [-0.1, -0.05) is 36.3 Å². The van der Waals surface area contributed by atoms with Crippen LogP contribution in [-0.2, 0) is 10.3 Å². The molecule has 0 spiro atoms. The molecule has 3 rings (SSSR count). The maximum absolute atomic E-state index is 10.9. The van der Waals surface area contributed by atoms with Crippen molar-refractivity contribution in [3.05, 3.63) is 35.9 Å². The van der Waals surface area contributed by atoms with Crippen LogP contribution in [0.1, 0.15) is 18.4 Å².